The molecule has 5 heteroatoms. The van der Waals surface area contributed by atoms with E-state index in [1.165, 1.54) is 4.90 Å². The number of halogens is 3. The van der Waals surface area contributed by atoms with Gasteiger partial charge in [-0.2, -0.15) is 13.2 Å². The molecule has 1 aromatic rings. The van der Waals surface area contributed by atoms with Crippen LogP contribution in [-0.4, -0.2) is 35.9 Å². The van der Waals surface area contributed by atoms with Crippen LogP contribution < -0.4 is 0 Å². The van der Waals surface area contributed by atoms with Gasteiger partial charge in [0.25, 0.3) is 0 Å². The minimum atomic E-state index is -4.18. The van der Waals surface area contributed by atoms with Gasteiger partial charge in [0.05, 0.1) is 13.2 Å². The van der Waals surface area contributed by atoms with Gasteiger partial charge in [-0.15, -0.1) is 0 Å². The van der Waals surface area contributed by atoms with E-state index in [2.05, 4.69) is 11.8 Å². The molecule has 0 amide bonds. The lowest BCUT2D eigenvalue weighted by atomic mass is 10.1. The summed E-state index contributed by atoms with van der Waals surface area (Å²) in [7, 11) is 0. The zero-order valence-corrected chi connectivity index (χ0v) is 12.1. The van der Waals surface area contributed by atoms with Crippen molar-refractivity contribution in [3.05, 3.63) is 35.4 Å². The quantitative estimate of drug-likeness (QED) is 0.816. The van der Waals surface area contributed by atoms with Crippen molar-refractivity contribution in [2.45, 2.75) is 32.5 Å². The van der Waals surface area contributed by atoms with Crippen molar-refractivity contribution in [2.24, 2.45) is 0 Å². The summed E-state index contributed by atoms with van der Waals surface area (Å²) in [6, 6.07) is 7.17. The maximum absolute atomic E-state index is 12.5. The molecule has 1 rings (SSSR count). The fraction of sp³-hybridized carbons (Fsp3) is 0.500. The Morgan fingerprint density at radius 1 is 1.19 bits per heavy atom. The standard InChI is InChI=1S/C16H20F3NO/c1-2-10-20(13-16(17,18)19)12-15-8-6-14(7-9-15)5-3-4-11-21/h6-9,21H,2,4,10-13H2,1H3. The van der Waals surface area contributed by atoms with Crippen molar-refractivity contribution in [1.82, 2.24) is 4.90 Å². The summed E-state index contributed by atoms with van der Waals surface area (Å²) in [6.07, 6.45) is -3.08. The van der Waals surface area contributed by atoms with Gasteiger partial charge >= 0.3 is 6.18 Å². The van der Waals surface area contributed by atoms with Gasteiger partial charge in [-0.1, -0.05) is 30.9 Å². The topological polar surface area (TPSA) is 23.5 Å². The second-order valence-electron chi connectivity index (χ2n) is 4.80. The van der Waals surface area contributed by atoms with E-state index in [-0.39, 0.29) is 13.2 Å². The van der Waals surface area contributed by atoms with Crippen molar-refractivity contribution in [3.8, 4) is 11.8 Å². The average Bonchev–Trinajstić information content (AvgIpc) is 2.39. The van der Waals surface area contributed by atoms with Crippen molar-refractivity contribution in [3.63, 3.8) is 0 Å². The molecule has 1 aromatic carbocycles. The summed E-state index contributed by atoms with van der Waals surface area (Å²) >= 11 is 0. The van der Waals surface area contributed by atoms with E-state index in [0.717, 1.165) is 11.1 Å². The monoisotopic (exact) mass is 299 g/mol. The van der Waals surface area contributed by atoms with Crippen LogP contribution in [-0.2, 0) is 6.54 Å². The number of hydrogen-bond donors (Lipinski definition) is 1. The third-order valence-corrected chi connectivity index (χ3v) is 2.77. The lowest BCUT2D eigenvalue weighted by Crippen LogP contribution is -2.34. The summed E-state index contributed by atoms with van der Waals surface area (Å²) in [6.45, 7) is 1.69. The highest BCUT2D eigenvalue weighted by Gasteiger charge is 2.30. The fourth-order valence-electron chi connectivity index (χ4n) is 1.96. The number of nitrogens with zero attached hydrogens (tertiary/aromatic N) is 1. The molecule has 0 heterocycles. The largest absolute Gasteiger partial charge is 0.401 e. The first-order chi connectivity index (χ1) is 9.94. The Bertz CT molecular complexity index is 471. The van der Waals surface area contributed by atoms with Crippen molar-refractivity contribution >= 4 is 0 Å². The maximum Gasteiger partial charge on any atom is 0.401 e. The van der Waals surface area contributed by atoms with Crippen molar-refractivity contribution in [2.75, 3.05) is 19.7 Å². The van der Waals surface area contributed by atoms with Crippen LogP contribution in [0.25, 0.3) is 0 Å². The lowest BCUT2D eigenvalue weighted by Gasteiger charge is -2.23. The molecule has 0 aliphatic heterocycles. The molecule has 0 saturated heterocycles. The molecule has 0 fully saturated rings. The van der Waals surface area contributed by atoms with E-state index >= 15 is 0 Å². The van der Waals surface area contributed by atoms with E-state index in [1.54, 1.807) is 24.3 Å². The van der Waals surface area contributed by atoms with Crippen molar-refractivity contribution in [1.29, 1.82) is 0 Å². The first kappa shape index (κ1) is 17.5. The Morgan fingerprint density at radius 3 is 2.38 bits per heavy atom. The van der Waals surface area contributed by atoms with Gasteiger partial charge in [-0.3, -0.25) is 4.90 Å². The van der Waals surface area contributed by atoms with Gasteiger partial charge in [0.2, 0.25) is 0 Å². The molecular weight excluding hydrogens is 279 g/mol. The van der Waals surface area contributed by atoms with Crippen LogP contribution in [0.15, 0.2) is 24.3 Å². The van der Waals surface area contributed by atoms with Crippen LogP contribution >= 0.6 is 0 Å². The molecule has 0 aromatic heterocycles. The van der Waals surface area contributed by atoms with Gasteiger partial charge in [0.15, 0.2) is 0 Å². The summed E-state index contributed by atoms with van der Waals surface area (Å²) in [5, 5.41) is 8.63. The smallest absolute Gasteiger partial charge is 0.395 e. The Labute approximate surface area is 123 Å². The predicted molar refractivity (Wildman–Crippen MR) is 76.6 cm³/mol. The normalized spacial score (nSPS) is 11.3. The Kier molecular flexibility index (Phi) is 7.27. The molecule has 0 bridgehead atoms. The molecule has 0 aliphatic rings. The minimum absolute atomic E-state index is 0.0223. The lowest BCUT2D eigenvalue weighted by molar-refractivity contribution is -0.147. The summed E-state index contributed by atoms with van der Waals surface area (Å²) in [4.78, 5) is 1.40. The SMILES string of the molecule is CCCN(Cc1ccc(C#CCCO)cc1)CC(F)(F)F. The molecule has 0 atom stereocenters. The Morgan fingerprint density at radius 2 is 1.86 bits per heavy atom. The highest BCUT2D eigenvalue weighted by molar-refractivity contribution is 5.36. The molecule has 116 valence electrons. The summed E-state index contributed by atoms with van der Waals surface area (Å²) in [5.74, 6) is 5.69. The highest BCUT2D eigenvalue weighted by atomic mass is 19.4. The number of alkyl halides is 3. The van der Waals surface area contributed by atoms with Crippen LogP contribution in [0.1, 0.15) is 30.9 Å². The highest BCUT2D eigenvalue weighted by Crippen LogP contribution is 2.18. The van der Waals surface area contributed by atoms with Gasteiger partial charge in [-0.25, -0.2) is 0 Å². The molecule has 2 nitrogen and oxygen atoms in total. The molecule has 0 spiro atoms. The maximum atomic E-state index is 12.5. The van der Waals surface area contributed by atoms with Crippen LogP contribution in [0, 0.1) is 11.8 Å². The molecule has 0 saturated carbocycles. The predicted octanol–water partition coefficient (Wildman–Crippen LogP) is 3.19. The van der Waals surface area contributed by atoms with Crippen LogP contribution in [0.4, 0.5) is 13.2 Å². The zero-order chi connectivity index (χ0) is 15.7. The van der Waals surface area contributed by atoms with Crippen LogP contribution in [0.3, 0.4) is 0 Å². The van der Waals surface area contributed by atoms with Crippen LogP contribution in [0.2, 0.25) is 0 Å². The molecule has 0 aliphatic carbocycles. The molecule has 0 unspecified atom stereocenters. The first-order valence-corrected chi connectivity index (χ1v) is 6.92. The molecular formula is C16H20F3NO. The van der Waals surface area contributed by atoms with Gasteiger partial charge in [-0.05, 0) is 30.7 Å². The summed E-state index contributed by atoms with van der Waals surface area (Å²) < 4.78 is 37.5. The first-order valence-electron chi connectivity index (χ1n) is 6.92. The Balaban J connectivity index is 2.66. The van der Waals surface area contributed by atoms with Crippen LogP contribution in [0.5, 0.6) is 0 Å². The van der Waals surface area contributed by atoms with E-state index in [1.807, 2.05) is 6.92 Å². The fourth-order valence-corrected chi connectivity index (χ4v) is 1.96. The second-order valence-corrected chi connectivity index (χ2v) is 4.80. The number of rotatable bonds is 6. The van der Waals surface area contributed by atoms with E-state index in [9.17, 15) is 13.2 Å². The third-order valence-electron chi connectivity index (χ3n) is 2.77. The van der Waals surface area contributed by atoms with Gasteiger partial charge in [0, 0.05) is 18.5 Å². The third kappa shape index (κ3) is 7.74. The van der Waals surface area contributed by atoms with E-state index < -0.39 is 12.7 Å². The van der Waals surface area contributed by atoms with Gasteiger partial charge in [0.1, 0.15) is 0 Å². The van der Waals surface area contributed by atoms with Crippen molar-refractivity contribution < 1.29 is 18.3 Å². The number of hydrogen-bond acceptors (Lipinski definition) is 2. The van der Waals surface area contributed by atoms with E-state index in [4.69, 9.17) is 5.11 Å². The number of aliphatic hydroxyl groups is 1. The molecule has 21 heavy (non-hydrogen) atoms. The second kappa shape index (κ2) is 8.71. The number of aliphatic hydroxyl groups excluding tert-OH is 1. The molecule has 1 N–H and O–H groups in total. The van der Waals surface area contributed by atoms with E-state index in [0.29, 0.717) is 19.4 Å². The number of benzene rings is 1. The summed E-state index contributed by atoms with van der Waals surface area (Å²) in [5.41, 5.74) is 1.63. The minimum Gasteiger partial charge on any atom is -0.395 e. The Hall–Kier alpha value is -1.51. The average molecular weight is 299 g/mol. The zero-order valence-electron chi connectivity index (χ0n) is 12.1. The molecule has 0 radical (unpaired) electrons. The van der Waals surface area contributed by atoms with Gasteiger partial charge < -0.3 is 5.11 Å².